The van der Waals surface area contributed by atoms with Crippen LogP contribution < -0.4 is 4.74 Å². The van der Waals surface area contributed by atoms with Crippen LogP contribution in [0.3, 0.4) is 0 Å². The average Bonchev–Trinajstić information content (AvgIpc) is 2.80. The maximum atomic E-state index is 9.50. The molecule has 1 aliphatic rings. The summed E-state index contributed by atoms with van der Waals surface area (Å²) in [7, 11) is 4.09. The van der Waals surface area contributed by atoms with Crippen LogP contribution in [0.1, 0.15) is 92.6 Å². The number of unbranched alkanes of at least 4 members (excludes halogenated alkanes) is 1. The topological polar surface area (TPSA) is 18.5 Å². The summed E-state index contributed by atoms with van der Waals surface area (Å²) in [5, 5.41) is 0. The van der Waals surface area contributed by atoms with Gasteiger partial charge < -0.3 is 9.47 Å². The maximum absolute atomic E-state index is 9.50. The number of benzene rings is 1. The first-order valence-electron chi connectivity index (χ1n) is 11.2. The monoisotopic (exact) mass is 400 g/mol. The fourth-order valence-corrected chi connectivity index (χ4v) is 2.94. The Bertz CT molecular complexity index is 411. The van der Waals surface area contributed by atoms with E-state index in [0.29, 0.717) is 7.18 Å². The molecule has 0 N–H and O–H groups in total. The first-order chi connectivity index (χ1) is 13.6. The molecule has 3 heteroatoms. The molecular formula is C25H49FO2. The molecule has 1 saturated carbocycles. The standard InChI is InChI=1S/C16H24O2.C4H10.2C2H6.CH3F/c1-13-8-10-16(18-3,11-9-13)12-14-6-4-5-7-15(14)17-2;1-3-4-2;3*1-2/h4-7,13H,8-12H2,1-3H3;3-4H2,1-2H3;2*1-2H3;1H3. The summed E-state index contributed by atoms with van der Waals surface area (Å²) >= 11 is 0. The van der Waals surface area contributed by atoms with Gasteiger partial charge in [-0.05, 0) is 43.2 Å². The molecule has 0 atom stereocenters. The Morgan fingerprint density at radius 3 is 1.79 bits per heavy atom. The third-order valence-corrected chi connectivity index (χ3v) is 4.82. The van der Waals surface area contributed by atoms with E-state index in [0.717, 1.165) is 30.9 Å². The smallest absolute Gasteiger partial charge is 0.122 e. The molecule has 0 spiro atoms. The van der Waals surface area contributed by atoms with Gasteiger partial charge in [-0.2, -0.15) is 0 Å². The van der Waals surface area contributed by atoms with Gasteiger partial charge in [-0.1, -0.05) is 79.5 Å². The van der Waals surface area contributed by atoms with Crippen molar-refractivity contribution in [2.24, 2.45) is 5.92 Å². The normalized spacial score (nSPS) is 19.8. The largest absolute Gasteiger partial charge is 0.496 e. The van der Waals surface area contributed by atoms with Crippen LogP contribution in [-0.4, -0.2) is 27.0 Å². The molecule has 168 valence electrons. The number of alkyl halides is 1. The maximum Gasteiger partial charge on any atom is 0.122 e. The molecule has 0 heterocycles. The van der Waals surface area contributed by atoms with E-state index in [4.69, 9.17) is 9.47 Å². The van der Waals surface area contributed by atoms with E-state index in [1.165, 1.54) is 31.2 Å². The fraction of sp³-hybridized carbons (Fsp3) is 0.760. The molecular weight excluding hydrogens is 351 g/mol. The van der Waals surface area contributed by atoms with Gasteiger partial charge in [0.15, 0.2) is 0 Å². The Labute approximate surface area is 176 Å². The van der Waals surface area contributed by atoms with Gasteiger partial charge in [0.05, 0.1) is 19.9 Å². The number of ether oxygens (including phenoxy) is 2. The predicted octanol–water partition coefficient (Wildman–Crippen LogP) is 8.28. The average molecular weight is 401 g/mol. The van der Waals surface area contributed by atoms with E-state index < -0.39 is 0 Å². The summed E-state index contributed by atoms with van der Waals surface area (Å²) in [6.45, 7) is 14.7. The van der Waals surface area contributed by atoms with Crippen molar-refractivity contribution in [1.82, 2.24) is 0 Å². The SMILES string of the molecule is CC.CC.CCCC.CF.COc1ccccc1CC1(OC)CCC(C)CC1. The van der Waals surface area contributed by atoms with E-state index in [1.807, 2.05) is 46.9 Å². The Morgan fingerprint density at radius 2 is 1.39 bits per heavy atom. The molecule has 1 fully saturated rings. The molecule has 1 aliphatic carbocycles. The van der Waals surface area contributed by atoms with Gasteiger partial charge in [-0.3, -0.25) is 4.39 Å². The molecule has 0 bridgehead atoms. The van der Waals surface area contributed by atoms with Crippen LogP contribution in [0, 0.1) is 5.92 Å². The van der Waals surface area contributed by atoms with Crippen molar-refractivity contribution in [2.45, 2.75) is 99.0 Å². The van der Waals surface area contributed by atoms with Crippen LogP contribution in [-0.2, 0) is 11.2 Å². The van der Waals surface area contributed by atoms with Gasteiger partial charge in [-0.25, -0.2) is 0 Å². The second-order valence-corrected chi connectivity index (χ2v) is 6.56. The van der Waals surface area contributed by atoms with Crippen molar-refractivity contribution in [3.63, 3.8) is 0 Å². The number of methoxy groups -OCH3 is 2. The zero-order valence-corrected chi connectivity index (χ0v) is 20.5. The van der Waals surface area contributed by atoms with Crippen LogP contribution in [0.25, 0.3) is 0 Å². The summed E-state index contributed by atoms with van der Waals surface area (Å²) in [5.74, 6) is 1.82. The molecule has 0 radical (unpaired) electrons. The molecule has 0 amide bonds. The molecule has 0 saturated heterocycles. The first-order valence-corrected chi connectivity index (χ1v) is 11.2. The van der Waals surface area contributed by atoms with E-state index >= 15 is 0 Å². The lowest BCUT2D eigenvalue weighted by atomic mass is 9.76. The second-order valence-electron chi connectivity index (χ2n) is 6.56. The molecule has 0 unspecified atom stereocenters. The Kier molecular flexibility index (Phi) is 25.1. The Morgan fingerprint density at radius 1 is 0.929 bits per heavy atom. The number of hydrogen-bond acceptors (Lipinski definition) is 2. The Balaban J connectivity index is -0.000000535. The number of para-hydroxylation sites is 1. The van der Waals surface area contributed by atoms with E-state index in [-0.39, 0.29) is 5.60 Å². The van der Waals surface area contributed by atoms with Crippen LogP contribution in [0.2, 0.25) is 0 Å². The highest BCUT2D eigenvalue weighted by atomic mass is 19.1. The number of hydrogen-bond donors (Lipinski definition) is 0. The van der Waals surface area contributed by atoms with Crippen molar-refractivity contribution in [3.05, 3.63) is 29.8 Å². The highest BCUT2D eigenvalue weighted by Gasteiger charge is 2.34. The molecule has 2 rings (SSSR count). The summed E-state index contributed by atoms with van der Waals surface area (Å²) in [4.78, 5) is 0. The van der Waals surface area contributed by atoms with Gasteiger partial charge in [-0.15, -0.1) is 0 Å². The quantitative estimate of drug-likeness (QED) is 0.495. The van der Waals surface area contributed by atoms with Gasteiger partial charge in [0.1, 0.15) is 5.75 Å². The lowest BCUT2D eigenvalue weighted by Gasteiger charge is -2.38. The molecule has 0 aliphatic heterocycles. The van der Waals surface area contributed by atoms with Gasteiger partial charge in [0.2, 0.25) is 0 Å². The van der Waals surface area contributed by atoms with Crippen molar-refractivity contribution in [2.75, 3.05) is 21.4 Å². The van der Waals surface area contributed by atoms with Crippen molar-refractivity contribution in [3.8, 4) is 5.75 Å². The van der Waals surface area contributed by atoms with Crippen LogP contribution >= 0.6 is 0 Å². The lowest BCUT2D eigenvalue weighted by molar-refractivity contribution is -0.0472. The number of halogens is 1. The minimum Gasteiger partial charge on any atom is -0.496 e. The summed E-state index contributed by atoms with van der Waals surface area (Å²) in [6.07, 6.45) is 8.44. The Hall–Kier alpha value is -1.09. The van der Waals surface area contributed by atoms with Gasteiger partial charge >= 0.3 is 0 Å². The van der Waals surface area contributed by atoms with Crippen LogP contribution in [0.5, 0.6) is 5.75 Å². The third kappa shape index (κ3) is 13.1. The minimum atomic E-state index is 0.0150. The fourth-order valence-electron chi connectivity index (χ4n) is 2.94. The highest BCUT2D eigenvalue weighted by Crippen LogP contribution is 2.38. The molecule has 28 heavy (non-hydrogen) atoms. The lowest BCUT2D eigenvalue weighted by Crippen LogP contribution is -2.38. The highest BCUT2D eigenvalue weighted by molar-refractivity contribution is 5.34. The second kappa shape index (κ2) is 22.2. The van der Waals surface area contributed by atoms with Crippen LogP contribution in [0.15, 0.2) is 24.3 Å². The van der Waals surface area contributed by atoms with Crippen molar-refractivity contribution < 1.29 is 13.9 Å². The molecule has 1 aromatic carbocycles. The van der Waals surface area contributed by atoms with Gasteiger partial charge in [0.25, 0.3) is 0 Å². The summed E-state index contributed by atoms with van der Waals surface area (Å²) < 4.78 is 20.8. The number of rotatable bonds is 5. The van der Waals surface area contributed by atoms with Gasteiger partial charge in [0, 0.05) is 13.5 Å². The van der Waals surface area contributed by atoms with Crippen LogP contribution in [0.4, 0.5) is 4.39 Å². The molecule has 1 aromatic rings. The van der Waals surface area contributed by atoms with E-state index in [2.05, 4.69) is 32.9 Å². The minimum absolute atomic E-state index is 0.0150. The zero-order chi connectivity index (χ0) is 22.4. The van der Waals surface area contributed by atoms with Crippen molar-refractivity contribution in [1.29, 1.82) is 0 Å². The molecule has 0 aromatic heterocycles. The summed E-state index contributed by atoms with van der Waals surface area (Å²) in [6, 6.07) is 8.28. The van der Waals surface area contributed by atoms with Crippen molar-refractivity contribution >= 4 is 0 Å². The molecule has 2 nitrogen and oxygen atoms in total. The third-order valence-electron chi connectivity index (χ3n) is 4.82. The zero-order valence-electron chi connectivity index (χ0n) is 20.5. The van der Waals surface area contributed by atoms with E-state index in [1.54, 1.807) is 7.11 Å². The first kappa shape index (κ1) is 31.6. The predicted molar refractivity (Wildman–Crippen MR) is 124 cm³/mol. The van der Waals surface area contributed by atoms with E-state index in [9.17, 15) is 4.39 Å². The summed E-state index contributed by atoms with van der Waals surface area (Å²) in [5.41, 5.74) is 1.28.